The standard InChI is InChI=1S/C14H24N2O5S/c1-2-3-7-22(20,21)16-6-4-5-12(16)13(17)15-11-8-10(9-11)14(18)19/h10-12H,2-9H2,1H3,(H,15,17)(H,18,19). The topological polar surface area (TPSA) is 104 Å². The molecule has 0 aromatic carbocycles. The van der Waals surface area contributed by atoms with Crippen molar-refractivity contribution in [1.29, 1.82) is 0 Å². The molecule has 2 aliphatic rings. The first-order chi connectivity index (χ1) is 10.3. The first-order valence-corrected chi connectivity index (χ1v) is 9.48. The smallest absolute Gasteiger partial charge is 0.306 e. The molecule has 0 radical (unpaired) electrons. The second-order valence-corrected chi connectivity index (χ2v) is 8.19. The average molecular weight is 332 g/mol. The van der Waals surface area contributed by atoms with E-state index in [1.807, 2.05) is 6.92 Å². The van der Waals surface area contributed by atoms with Gasteiger partial charge in [-0.1, -0.05) is 13.3 Å². The summed E-state index contributed by atoms with van der Waals surface area (Å²) in [4.78, 5) is 23.0. The van der Waals surface area contributed by atoms with Crippen LogP contribution in [-0.2, 0) is 19.6 Å². The van der Waals surface area contributed by atoms with E-state index in [2.05, 4.69) is 5.32 Å². The Kier molecular flexibility index (Phi) is 5.44. The second kappa shape index (κ2) is 6.95. The van der Waals surface area contributed by atoms with Gasteiger partial charge in [0.1, 0.15) is 6.04 Å². The van der Waals surface area contributed by atoms with Gasteiger partial charge in [0, 0.05) is 12.6 Å². The van der Waals surface area contributed by atoms with Crippen LogP contribution >= 0.6 is 0 Å². The van der Waals surface area contributed by atoms with E-state index in [1.54, 1.807) is 0 Å². The van der Waals surface area contributed by atoms with Crippen molar-refractivity contribution in [2.24, 2.45) is 5.92 Å². The van der Waals surface area contributed by atoms with Crippen LogP contribution in [0.2, 0.25) is 0 Å². The third kappa shape index (κ3) is 3.78. The zero-order chi connectivity index (χ0) is 16.3. The monoisotopic (exact) mass is 332 g/mol. The van der Waals surface area contributed by atoms with Crippen LogP contribution < -0.4 is 5.32 Å². The van der Waals surface area contributed by atoms with Gasteiger partial charge in [0.15, 0.2) is 0 Å². The SMILES string of the molecule is CCCCS(=O)(=O)N1CCCC1C(=O)NC1CC(C(=O)O)C1. The molecule has 0 aromatic rings. The number of hydrogen-bond donors (Lipinski definition) is 2. The number of hydrogen-bond acceptors (Lipinski definition) is 4. The lowest BCUT2D eigenvalue weighted by molar-refractivity contribution is -0.146. The molecule has 1 saturated carbocycles. The Bertz CT molecular complexity index is 527. The fourth-order valence-electron chi connectivity index (χ4n) is 3.01. The molecule has 1 saturated heterocycles. The number of carboxylic acids is 1. The predicted molar refractivity (Wildman–Crippen MR) is 80.7 cm³/mol. The maximum atomic E-state index is 12.3. The fraction of sp³-hybridized carbons (Fsp3) is 0.857. The number of sulfonamides is 1. The summed E-state index contributed by atoms with van der Waals surface area (Å²) in [5.41, 5.74) is 0. The van der Waals surface area contributed by atoms with Gasteiger partial charge in [0.2, 0.25) is 15.9 Å². The zero-order valence-electron chi connectivity index (χ0n) is 12.8. The van der Waals surface area contributed by atoms with E-state index >= 15 is 0 Å². The van der Waals surface area contributed by atoms with E-state index in [0.29, 0.717) is 38.6 Å². The summed E-state index contributed by atoms with van der Waals surface area (Å²) in [6.45, 7) is 2.33. The molecule has 1 amide bonds. The van der Waals surface area contributed by atoms with Crippen LogP contribution in [0.3, 0.4) is 0 Å². The van der Waals surface area contributed by atoms with Gasteiger partial charge < -0.3 is 10.4 Å². The largest absolute Gasteiger partial charge is 0.481 e. The first kappa shape index (κ1) is 17.2. The lowest BCUT2D eigenvalue weighted by atomic mass is 9.80. The van der Waals surface area contributed by atoms with Crippen LogP contribution in [0, 0.1) is 5.92 Å². The number of carboxylic acid groups (broad SMARTS) is 1. The second-order valence-electron chi connectivity index (χ2n) is 6.15. The lowest BCUT2D eigenvalue weighted by Crippen LogP contribution is -2.53. The van der Waals surface area contributed by atoms with Crippen molar-refractivity contribution in [3.05, 3.63) is 0 Å². The first-order valence-electron chi connectivity index (χ1n) is 7.88. The number of carbonyl (C=O) groups is 2. The van der Waals surface area contributed by atoms with Crippen LogP contribution in [0.5, 0.6) is 0 Å². The van der Waals surface area contributed by atoms with Crippen molar-refractivity contribution in [3.63, 3.8) is 0 Å². The Labute approximate surface area is 131 Å². The van der Waals surface area contributed by atoms with Crippen molar-refractivity contribution >= 4 is 21.9 Å². The summed E-state index contributed by atoms with van der Waals surface area (Å²) in [5.74, 6) is -1.43. The Balaban J connectivity index is 1.90. The summed E-state index contributed by atoms with van der Waals surface area (Å²) >= 11 is 0. The molecule has 2 rings (SSSR count). The van der Waals surface area contributed by atoms with Gasteiger partial charge in [0.05, 0.1) is 11.7 Å². The van der Waals surface area contributed by atoms with E-state index in [9.17, 15) is 18.0 Å². The normalized spacial score (nSPS) is 29.0. The molecule has 0 spiro atoms. The minimum atomic E-state index is -3.39. The highest BCUT2D eigenvalue weighted by Gasteiger charge is 2.41. The molecular formula is C14H24N2O5S. The summed E-state index contributed by atoms with van der Waals surface area (Å²) in [6, 6.07) is -0.778. The average Bonchev–Trinajstić information content (AvgIpc) is 2.89. The predicted octanol–water partition coefficient (Wildman–Crippen LogP) is 0.560. The van der Waals surface area contributed by atoms with Crippen molar-refractivity contribution in [2.45, 2.75) is 57.5 Å². The highest BCUT2D eigenvalue weighted by atomic mass is 32.2. The molecule has 0 aromatic heterocycles. The van der Waals surface area contributed by atoms with E-state index in [1.165, 1.54) is 4.31 Å². The number of rotatable bonds is 7. The fourth-order valence-corrected chi connectivity index (χ4v) is 4.90. The molecule has 22 heavy (non-hydrogen) atoms. The van der Waals surface area contributed by atoms with Gasteiger partial charge in [-0.15, -0.1) is 0 Å². The highest BCUT2D eigenvalue weighted by Crippen LogP contribution is 2.29. The maximum absolute atomic E-state index is 12.3. The van der Waals surface area contributed by atoms with Crippen LogP contribution in [0.1, 0.15) is 45.4 Å². The molecule has 7 nitrogen and oxygen atoms in total. The maximum Gasteiger partial charge on any atom is 0.306 e. The van der Waals surface area contributed by atoms with E-state index in [0.717, 1.165) is 6.42 Å². The number of carbonyl (C=O) groups excluding carboxylic acids is 1. The minimum Gasteiger partial charge on any atom is -0.481 e. The molecule has 1 heterocycles. The third-order valence-electron chi connectivity index (χ3n) is 4.45. The van der Waals surface area contributed by atoms with Crippen molar-refractivity contribution in [1.82, 2.24) is 9.62 Å². The van der Waals surface area contributed by atoms with Gasteiger partial charge in [0.25, 0.3) is 0 Å². The molecule has 1 unspecified atom stereocenters. The Hall–Kier alpha value is -1.15. The third-order valence-corrected chi connectivity index (χ3v) is 6.41. The minimum absolute atomic E-state index is 0.0811. The van der Waals surface area contributed by atoms with Crippen LogP contribution in [0.4, 0.5) is 0 Å². The quantitative estimate of drug-likeness (QED) is 0.709. The number of nitrogens with zero attached hydrogens (tertiary/aromatic N) is 1. The van der Waals surface area contributed by atoms with Crippen LogP contribution in [-0.4, -0.2) is 54.1 Å². The Morgan fingerprint density at radius 2 is 2.00 bits per heavy atom. The zero-order valence-corrected chi connectivity index (χ0v) is 13.6. The summed E-state index contributed by atoms with van der Waals surface area (Å²) in [5, 5.41) is 11.6. The molecule has 1 atom stereocenters. The molecular weight excluding hydrogens is 308 g/mol. The highest BCUT2D eigenvalue weighted by molar-refractivity contribution is 7.89. The van der Waals surface area contributed by atoms with E-state index in [-0.39, 0.29) is 17.7 Å². The van der Waals surface area contributed by atoms with Crippen LogP contribution in [0.25, 0.3) is 0 Å². The van der Waals surface area contributed by atoms with Gasteiger partial charge in [-0.3, -0.25) is 9.59 Å². The number of amides is 1. The lowest BCUT2D eigenvalue weighted by Gasteiger charge is -2.34. The molecule has 126 valence electrons. The molecule has 2 fully saturated rings. The van der Waals surface area contributed by atoms with Gasteiger partial charge in [-0.05, 0) is 32.1 Å². The Morgan fingerprint density at radius 3 is 2.59 bits per heavy atom. The Morgan fingerprint density at radius 1 is 1.32 bits per heavy atom. The number of nitrogens with one attached hydrogen (secondary N) is 1. The molecule has 1 aliphatic carbocycles. The summed E-state index contributed by atoms with van der Waals surface area (Å²) < 4.78 is 25.9. The van der Waals surface area contributed by atoms with Gasteiger partial charge in [-0.2, -0.15) is 4.31 Å². The van der Waals surface area contributed by atoms with Gasteiger partial charge in [-0.25, -0.2) is 8.42 Å². The number of aliphatic carboxylic acids is 1. The number of unbranched alkanes of at least 4 members (excludes halogenated alkanes) is 1. The van der Waals surface area contributed by atoms with E-state index < -0.39 is 28.0 Å². The van der Waals surface area contributed by atoms with Crippen molar-refractivity contribution in [3.8, 4) is 0 Å². The van der Waals surface area contributed by atoms with Gasteiger partial charge >= 0.3 is 5.97 Å². The summed E-state index contributed by atoms with van der Waals surface area (Å²) in [6.07, 6.45) is 3.46. The van der Waals surface area contributed by atoms with Crippen molar-refractivity contribution < 1.29 is 23.1 Å². The van der Waals surface area contributed by atoms with Crippen molar-refractivity contribution in [2.75, 3.05) is 12.3 Å². The molecule has 1 aliphatic heterocycles. The molecule has 8 heteroatoms. The molecule has 2 N–H and O–H groups in total. The molecule has 0 bridgehead atoms. The summed E-state index contributed by atoms with van der Waals surface area (Å²) in [7, 11) is -3.39. The van der Waals surface area contributed by atoms with E-state index in [4.69, 9.17) is 5.11 Å². The van der Waals surface area contributed by atoms with Crippen LogP contribution in [0.15, 0.2) is 0 Å².